The first-order chi connectivity index (χ1) is 7.61. The second kappa shape index (κ2) is 7.92. The Morgan fingerprint density at radius 3 is 2.76 bits per heavy atom. The van der Waals surface area contributed by atoms with Crippen LogP contribution in [0.1, 0.15) is 12.0 Å². The number of halogens is 1. The predicted octanol–water partition coefficient (Wildman–Crippen LogP) is 1.26. The van der Waals surface area contributed by atoms with E-state index >= 15 is 0 Å². The summed E-state index contributed by atoms with van der Waals surface area (Å²) in [5.41, 5.74) is 7.64. The lowest BCUT2D eigenvalue weighted by atomic mass is 10.2. The molecule has 0 spiro atoms. The number of nitrogens with two attached hydrogens (primary N) is 1. The fourth-order valence-electron chi connectivity index (χ4n) is 1.50. The lowest BCUT2D eigenvalue weighted by Crippen LogP contribution is -2.26. The number of nitrogens with one attached hydrogen (secondary N) is 1. The Bertz CT molecular complexity index is 357. The van der Waals surface area contributed by atoms with Crippen LogP contribution in [-0.4, -0.2) is 31.4 Å². The highest BCUT2D eigenvalue weighted by Crippen LogP contribution is 2.08. The number of carbonyl (C=O) groups is 1. The number of amides is 1. The highest BCUT2D eigenvalue weighted by atomic mass is 35.5. The van der Waals surface area contributed by atoms with Gasteiger partial charge in [0.25, 0.3) is 0 Å². The van der Waals surface area contributed by atoms with E-state index in [9.17, 15) is 4.79 Å². The zero-order valence-corrected chi connectivity index (χ0v) is 11.1. The molecular formula is C12H20ClN3O. The highest BCUT2D eigenvalue weighted by Gasteiger charge is 2.03. The standard InChI is InChI=1S/C12H19N3O.ClH/c1-14-12(16)6-7-15(2)9-10-4-3-5-11(13)8-10;/h3-5,8H,6-7,9,13H2,1-2H3,(H,14,16);1H. The van der Waals surface area contributed by atoms with Crippen LogP contribution in [-0.2, 0) is 11.3 Å². The Morgan fingerprint density at radius 2 is 2.18 bits per heavy atom. The third kappa shape index (κ3) is 6.14. The van der Waals surface area contributed by atoms with Crippen LogP contribution in [0.4, 0.5) is 5.69 Å². The van der Waals surface area contributed by atoms with Gasteiger partial charge >= 0.3 is 0 Å². The molecule has 0 heterocycles. The zero-order chi connectivity index (χ0) is 12.0. The average molecular weight is 258 g/mol. The van der Waals surface area contributed by atoms with Crippen molar-refractivity contribution < 1.29 is 4.79 Å². The number of carbonyl (C=O) groups excluding carboxylic acids is 1. The normalized spacial score (nSPS) is 9.82. The van der Waals surface area contributed by atoms with Gasteiger partial charge in [0.05, 0.1) is 0 Å². The van der Waals surface area contributed by atoms with E-state index in [2.05, 4.69) is 10.2 Å². The molecule has 0 bridgehead atoms. The third-order valence-electron chi connectivity index (χ3n) is 2.40. The van der Waals surface area contributed by atoms with Gasteiger partial charge in [0, 0.05) is 32.2 Å². The Balaban J connectivity index is 0.00000256. The van der Waals surface area contributed by atoms with Crippen molar-refractivity contribution in [1.82, 2.24) is 10.2 Å². The minimum absolute atomic E-state index is 0. The molecule has 96 valence electrons. The lowest BCUT2D eigenvalue weighted by molar-refractivity contribution is -0.120. The van der Waals surface area contributed by atoms with Gasteiger partial charge in [-0.3, -0.25) is 4.79 Å². The van der Waals surface area contributed by atoms with Crippen LogP contribution in [0.5, 0.6) is 0 Å². The Labute approximate surface area is 109 Å². The Hall–Kier alpha value is -1.26. The Kier molecular flexibility index (Phi) is 7.34. The largest absolute Gasteiger partial charge is 0.399 e. The molecule has 17 heavy (non-hydrogen) atoms. The third-order valence-corrected chi connectivity index (χ3v) is 2.40. The van der Waals surface area contributed by atoms with Gasteiger partial charge in [-0.2, -0.15) is 0 Å². The van der Waals surface area contributed by atoms with Gasteiger partial charge in [0.1, 0.15) is 0 Å². The van der Waals surface area contributed by atoms with Gasteiger partial charge in [-0.15, -0.1) is 12.4 Å². The second-order valence-electron chi connectivity index (χ2n) is 3.91. The number of hydrogen-bond acceptors (Lipinski definition) is 3. The molecule has 0 radical (unpaired) electrons. The smallest absolute Gasteiger partial charge is 0.221 e. The molecular weight excluding hydrogens is 238 g/mol. The minimum Gasteiger partial charge on any atom is -0.399 e. The molecule has 0 aliphatic rings. The number of hydrogen-bond donors (Lipinski definition) is 2. The monoisotopic (exact) mass is 257 g/mol. The van der Waals surface area contributed by atoms with Crippen molar-refractivity contribution in [3.8, 4) is 0 Å². The summed E-state index contributed by atoms with van der Waals surface area (Å²) in [5, 5.41) is 2.61. The minimum atomic E-state index is 0. The summed E-state index contributed by atoms with van der Waals surface area (Å²) >= 11 is 0. The first kappa shape index (κ1) is 15.7. The molecule has 1 rings (SSSR count). The first-order valence-corrected chi connectivity index (χ1v) is 5.35. The van der Waals surface area contributed by atoms with E-state index in [-0.39, 0.29) is 18.3 Å². The van der Waals surface area contributed by atoms with Crippen molar-refractivity contribution in [2.75, 3.05) is 26.4 Å². The molecule has 0 fully saturated rings. The summed E-state index contributed by atoms with van der Waals surface area (Å²) in [6, 6.07) is 7.80. The summed E-state index contributed by atoms with van der Waals surface area (Å²) in [4.78, 5) is 13.2. The van der Waals surface area contributed by atoms with Gasteiger partial charge in [0.15, 0.2) is 0 Å². The van der Waals surface area contributed by atoms with E-state index in [1.54, 1.807) is 7.05 Å². The van der Waals surface area contributed by atoms with Gasteiger partial charge in [0.2, 0.25) is 5.91 Å². The van der Waals surface area contributed by atoms with Crippen molar-refractivity contribution in [3.05, 3.63) is 29.8 Å². The second-order valence-corrected chi connectivity index (χ2v) is 3.91. The van der Waals surface area contributed by atoms with Crippen molar-refractivity contribution in [2.24, 2.45) is 0 Å². The van der Waals surface area contributed by atoms with Crippen LogP contribution in [0, 0.1) is 0 Å². The van der Waals surface area contributed by atoms with Gasteiger partial charge < -0.3 is 16.0 Å². The molecule has 0 aromatic heterocycles. The number of nitrogens with zero attached hydrogens (tertiary/aromatic N) is 1. The summed E-state index contributed by atoms with van der Waals surface area (Å²) in [6.07, 6.45) is 0.523. The van der Waals surface area contributed by atoms with E-state index in [1.807, 2.05) is 31.3 Å². The molecule has 0 atom stereocenters. The summed E-state index contributed by atoms with van der Waals surface area (Å²) in [7, 11) is 3.65. The molecule has 1 amide bonds. The maximum Gasteiger partial charge on any atom is 0.221 e. The molecule has 1 aromatic carbocycles. The predicted molar refractivity (Wildman–Crippen MR) is 73.1 cm³/mol. The van der Waals surface area contributed by atoms with Crippen LogP contribution in [0.15, 0.2) is 24.3 Å². The van der Waals surface area contributed by atoms with Gasteiger partial charge in [-0.1, -0.05) is 12.1 Å². The van der Waals surface area contributed by atoms with Crippen molar-refractivity contribution in [3.63, 3.8) is 0 Å². The number of nitrogen functional groups attached to an aromatic ring is 1. The van der Waals surface area contributed by atoms with E-state index in [0.29, 0.717) is 6.42 Å². The molecule has 3 N–H and O–H groups in total. The average Bonchev–Trinajstić information content (AvgIpc) is 2.26. The molecule has 4 nitrogen and oxygen atoms in total. The molecule has 0 aliphatic heterocycles. The number of anilines is 1. The van der Waals surface area contributed by atoms with Crippen LogP contribution in [0.2, 0.25) is 0 Å². The van der Waals surface area contributed by atoms with Gasteiger partial charge in [-0.25, -0.2) is 0 Å². The lowest BCUT2D eigenvalue weighted by Gasteiger charge is -2.16. The van der Waals surface area contributed by atoms with E-state index in [0.717, 1.165) is 18.8 Å². The molecule has 5 heteroatoms. The zero-order valence-electron chi connectivity index (χ0n) is 10.3. The molecule has 0 saturated carbocycles. The maximum atomic E-state index is 11.1. The number of benzene rings is 1. The van der Waals surface area contributed by atoms with Crippen LogP contribution in [0.3, 0.4) is 0 Å². The quantitative estimate of drug-likeness (QED) is 0.781. The first-order valence-electron chi connectivity index (χ1n) is 5.35. The molecule has 0 saturated heterocycles. The van der Waals surface area contributed by atoms with E-state index in [1.165, 1.54) is 5.56 Å². The van der Waals surface area contributed by atoms with Crippen molar-refractivity contribution in [2.45, 2.75) is 13.0 Å². The summed E-state index contributed by atoms with van der Waals surface area (Å²) in [5.74, 6) is 0.0689. The topological polar surface area (TPSA) is 58.4 Å². The summed E-state index contributed by atoms with van der Waals surface area (Å²) in [6.45, 7) is 1.55. The highest BCUT2D eigenvalue weighted by molar-refractivity contribution is 5.85. The van der Waals surface area contributed by atoms with Crippen molar-refractivity contribution >= 4 is 24.0 Å². The van der Waals surface area contributed by atoms with Crippen molar-refractivity contribution in [1.29, 1.82) is 0 Å². The van der Waals surface area contributed by atoms with Crippen LogP contribution in [0.25, 0.3) is 0 Å². The molecule has 1 aromatic rings. The number of rotatable bonds is 5. The summed E-state index contributed by atoms with van der Waals surface area (Å²) < 4.78 is 0. The van der Waals surface area contributed by atoms with Gasteiger partial charge in [-0.05, 0) is 24.7 Å². The Morgan fingerprint density at radius 1 is 1.47 bits per heavy atom. The molecule has 0 aliphatic carbocycles. The fraction of sp³-hybridized carbons (Fsp3) is 0.417. The van der Waals surface area contributed by atoms with Crippen LogP contribution >= 0.6 is 12.4 Å². The maximum absolute atomic E-state index is 11.1. The van der Waals surface area contributed by atoms with E-state index < -0.39 is 0 Å². The SMILES string of the molecule is CNC(=O)CCN(C)Cc1cccc(N)c1.Cl. The molecule has 0 unspecified atom stereocenters. The fourth-order valence-corrected chi connectivity index (χ4v) is 1.50. The van der Waals surface area contributed by atoms with Crippen LogP contribution < -0.4 is 11.1 Å². The van der Waals surface area contributed by atoms with E-state index in [4.69, 9.17) is 5.73 Å².